The number of ether oxygens (including phenoxy) is 1. The molecule has 0 radical (unpaired) electrons. The summed E-state index contributed by atoms with van der Waals surface area (Å²) in [6.45, 7) is 6.11. The lowest BCUT2D eigenvalue weighted by atomic mass is 9.88. The van der Waals surface area contributed by atoms with Crippen molar-refractivity contribution in [3.8, 4) is 0 Å². The molecule has 4 nitrogen and oxygen atoms in total. The molecular weight excluding hydrogens is 308 g/mol. The van der Waals surface area contributed by atoms with Crippen LogP contribution in [0.25, 0.3) is 0 Å². The highest BCUT2D eigenvalue weighted by molar-refractivity contribution is 9.10. The average Bonchev–Trinajstić information content (AvgIpc) is 2.88. The van der Waals surface area contributed by atoms with Crippen molar-refractivity contribution in [2.45, 2.75) is 18.9 Å². The van der Waals surface area contributed by atoms with Gasteiger partial charge in [-0.25, -0.2) is 0 Å². The fourth-order valence-corrected chi connectivity index (χ4v) is 3.51. The topological polar surface area (TPSA) is 37.6 Å². The zero-order valence-electron chi connectivity index (χ0n) is 11.1. The zero-order valence-corrected chi connectivity index (χ0v) is 12.7. The molecule has 5 heteroatoms. The summed E-state index contributed by atoms with van der Waals surface area (Å²) >= 11 is 3.43. The molecule has 0 aromatic carbocycles. The van der Waals surface area contributed by atoms with Crippen LogP contribution in [0.2, 0.25) is 0 Å². The summed E-state index contributed by atoms with van der Waals surface area (Å²) in [5, 5.41) is 3.42. The minimum atomic E-state index is 0.400. The summed E-state index contributed by atoms with van der Waals surface area (Å²) in [6, 6.07) is 4.52. The highest BCUT2D eigenvalue weighted by atomic mass is 79.9. The van der Waals surface area contributed by atoms with Gasteiger partial charge in [0.25, 0.3) is 0 Å². The van der Waals surface area contributed by atoms with Crippen LogP contribution in [-0.4, -0.2) is 44.3 Å². The van der Waals surface area contributed by atoms with Crippen molar-refractivity contribution in [2.75, 3.05) is 39.4 Å². The van der Waals surface area contributed by atoms with Crippen molar-refractivity contribution in [1.29, 1.82) is 0 Å². The first-order chi connectivity index (χ1) is 9.34. The predicted octanol–water partition coefficient (Wildman–Crippen LogP) is 2.42. The molecule has 1 aromatic heterocycles. The second-order valence-electron chi connectivity index (χ2n) is 5.32. The van der Waals surface area contributed by atoms with E-state index in [4.69, 9.17) is 9.15 Å². The second kappa shape index (κ2) is 6.39. The maximum absolute atomic E-state index is 5.87. The molecule has 106 valence electrons. The van der Waals surface area contributed by atoms with Gasteiger partial charge in [-0.15, -0.1) is 0 Å². The highest BCUT2D eigenvalue weighted by Gasteiger charge is 2.33. The minimum Gasteiger partial charge on any atom is -0.453 e. The van der Waals surface area contributed by atoms with Crippen molar-refractivity contribution in [3.63, 3.8) is 0 Å². The van der Waals surface area contributed by atoms with E-state index in [9.17, 15) is 0 Å². The standard InChI is InChI=1S/C14H21BrN2O2/c15-13-2-1-12(19-13)14(11-3-9-18-10-4-11)17-7-5-16-6-8-17/h1-2,11,14,16H,3-10H2/t14-/m1/s1. The summed E-state index contributed by atoms with van der Waals surface area (Å²) in [7, 11) is 0. The summed E-state index contributed by atoms with van der Waals surface area (Å²) in [5.74, 6) is 1.74. The summed E-state index contributed by atoms with van der Waals surface area (Å²) in [4.78, 5) is 2.57. The summed E-state index contributed by atoms with van der Waals surface area (Å²) in [5.41, 5.74) is 0. The van der Waals surface area contributed by atoms with Crippen LogP contribution in [-0.2, 0) is 4.74 Å². The Morgan fingerprint density at radius 2 is 1.95 bits per heavy atom. The Balaban J connectivity index is 1.81. The lowest BCUT2D eigenvalue weighted by Crippen LogP contribution is -2.47. The van der Waals surface area contributed by atoms with E-state index in [1.165, 1.54) is 0 Å². The molecule has 2 aliphatic rings. The third kappa shape index (κ3) is 3.21. The Kier molecular flexibility index (Phi) is 4.58. The summed E-state index contributed by atoms with van der Waals surface area (Å²) in [6.07, 6.45) is 2.26. The van der Waals surface area contributed by atoms with Crippen LogP contribution in [0.1, 0.15) is 24.6 Å². The van der Waals surface area contributed by atoms with Gasteiger partial charge in [0.1, 0.15) is 5.76 Å². The van der Waals surface area contributed by atoms with Crippen LogP contribution in [0.15, 0.2) is 21.2 Å². The number of hydrogen-bond acceptors (Lipinski definition) is 4. The molecule has 0 bridgehead atoms. The van der Waals surface area contributed by atoms with Crippen LogP contribution >= 0.6 is 15.9 Å². The van der Waals surface area contributed by atoms with Gasteiger partial charge in [0, 0.05) is 39.4 Å². The molecule has 0 unspecified atom stereocenters. The molecule has 0 amide bonds. The van der Waals surface area contributed by atoms with Gasteiger partial charge in [0.15, 0.2) is 4.67 Å². The number of nitrogens with one attached hydrogen (secondary N) is 1. The van der Waals surface area contributed by atoms with E-state index in [-0.39, 0.29) is 0 Å². The Morgan fingerprint density at radius 1 is 1.21 bits per heavy atom. The first-order valence-corrected chi connectivity index (χ1v) is 7.91. The molecule has 0 spiro atoms. The normalized spacial score (nSPS) is 24.5. The van der Waals surface area contributed by atoms with E-state index >= 15 is 0 Å². The maximum Gasteiger partial charge on any atom is 0.169 e. The SMILES string of the molecule is Brc1ccc([C@@H](C2CCOCC2)N2CCNCC2)o1. The molecule has 2 fully saturated rings. The lowest BCUT2D eigenvalue weighted by molar-refractivity contribution is 0.0146. The molecule has 0 aliphatic carbocycles. The molecule has 1 atom stereocenters. The molecule has 3 rings (SSSR count). The number of nitrogens with zero attached hydrogens (tertiary/aromatic N) is 1. The molecule has 1 N–H and O–H groups in total. The molecule has 0 saturated carbocycles. The third-order valence-electron chi connectivity index (χ3n) is 4.14. The van der Waals surface area contributed by atoms with E-state index in [1.807, 2.05) is 6.07 Å². The van der Waals surface area contributed by atoms with E-state index in [2.05, 4.69) is 32.2 Å². The number of hydrogen-bond donors (Lipinski definition) is 1. The van der Waals surface area contributed by atoms with Crippen LogP contribution < -0.4 is 5.32 Å². The van der Waals surface area contributed by atoms with E-state index in [1.54, 1.807) is 0 Å². The third-order valence-corrected chi connectivity index (χ3v) is 4.57. The van der Waals surface area contributed by atoms with Crippen LogP contribution in [0.5, 0.6) is 0 Å². The fourth-order valence-electron chi connectivity index (χ4n) is 3.19. The van der Waals surface area contributed by atoms with Crippen molar-refractivity contribution in [2.24, 2.45) is 5.92 Å². The first-order valence-electron chi connectivity index (χ1n) is 7.12. The van der Waals surface area contributed by atoms with Gasteiger partial charge in [0.05, 0.1) is 6.04 Å². The molecule has 19 heavy (non-hydrogen) atoms. The molecule has 2 aliphatic heterocycles. The quantitative estimate of drug-likeness (QED) is 0.924. The largest absolute Gasteiger partial charge is 0.453 e. The van der Waals surface area contributed by atoms with Crippen LogP contribution in [0, 0.1) is 5.92 Å². The number of piperazine rings is 1. The van der Waals surface area contributed by atoms with Gasteiger partial charge < -0.3 is 14.5 Å². The summed E-state index contributed by atoms with van der Waals surface area (Å²) < 4.78 is 12.2. The van der Waals surface area contributed by atoms with Gasteiger partial charge >= 0.3 is 0 Å². The van der Waals surface area contributed by atoms with Gasteiger partial charge in [-0.3, -0.25) is 4.90 Å². The Labute approximate surface area is 122 Å². The van der Waals surface area contributed by atoms with Crippen molar-refractivity contribution >= 4 is 15.9 Å². The van der Waals surface area contributed by atoms with E-state index < -0.39 is 0 Å². The number of rotatable bonds is 3. The first kappa shape index (κ1) is 13.6. The van der Waals surface area contributed by atoms with Crippen molar-refractivity contribution in [3.05, 3.63) is 22.6 Å². The fraction of sp³-hybridized carbons (Fsp3) is 0.714. The monoisotopic (exact) mass is 328 g/mol. The van der Waals surface area contributed by atoms with Crippen molar-refractivity contribution < 1.29 is 9.15 Å². The molecule has 2 saturated heterocycles. The predicted molar refractivity (Wildman–Crippen MR) is 77.1 cm³/mol. The Morgan fingerprint density at radius 3 is 2.58 bits per heavy atom. The van der Waals surface area contributed by atoms with Gasteiger partial charge in [-0.1, -0.05) is 0 Å². The zero-order chi connectivity index (χ0) is 13.1. The van der Waals surface area contributed by atoms with Crippen LogP contribution in [0.4, 0.5) is 0 Å². The van der Waals surface area contributed by atoms with Gasteiger partial charge in [-0.2, -0.15) is 0 Å². The van der Waals surface area contributed by atoms with E-state index in [0.29, 0.717) is 12.0 Å². The Bertz CT molecular complexity index is 380. The molecule has 3 heterocycles. The minimum absolute atomic E-state index is 0.400. The lowest BCUT2D eigenvalue weighted by Gasteiger charge is -2.39. The Hall–Kier alpha value is -0.360. The van der Waals surface area contributed by atoms with E-state index in [0.717, 1.165) is 62.7 Å². The van der Waals surface area contributed by atoms with Crippen LogP contribution in [0.3, 0.4) is 0 Å². The average molecular weight is 329 g/mol. The second-order valence-corrected chi connectivity index (χ2v) is 6.10. The number of furan rings is 1. The smallest absolute Gasteiger partial charge is 0.169 e. The van der Waals surface area contributed by atoms with Crippen molar-refractivity contribution in [1.82, 2.24) is 10.2 Å². The highest BCUT2D eigenvalue weighted by Crippen LogP contribution is 2.36. The maximum atomic E-state index is 5.87. The number of halogens is 1. The molecular formula is C14H21BrN2O2. The van der Waals surface area contributed by atoms with Gasteiger partial charge in [0.2, 0.25) is 0 Å². The molecule has 1 aromatic rings. The van der Waals surface area contributed by atoms with Gasteiger partial charge in [-0.05, 0) is 46.8 Å².